The SMILES string of the molecule is NCC(NOC(=O)C(F)(F)F)c1ncccn1. The molecule has 0 saturated carbocycles. The molecule has 0 aliphatic heterocycles. The van der Waals surface area contributed by atoms with Gasteiger partial charge in [-0.05, 0) is 6.07 Å². The van der Waals surface area contributed by atoms with Gasteiger partial charge in [-0.1, -0.05) is 0 Å². The van der Waals surface area contributed by atoms with Gasteiger partial charge in [-0.25, -0.2) is 14.8 Å². The molecule has 1 aromatic heterocycles. The fourth-order valence-electron chi connectivity index (χ4n) is 0.879. The zero-order valence-corrected chi connectivity index (χ0v) is 8.44. The number of halogens is 3. The van der Waals surface area contributed by atoms with Crippen LogP contribution in [0.5, 0.6) is 0 Å². The standard InChI is InChI=1S/C8H9F3N4O2/c9-8(10,11)7(16)17-15-5(4-12)6-13-2-1-3-14-6/h1-3,5,15H,4,12H2. The lowest BCUT2D eigenvalue weighted by molar-refractivity contribution is -0.208. The quantitative estimate of drug-likeness (QED) is 0.736. The molecule has 0 aromatic carbocycles. The normalized spacial score (nSPS) is 13.2. The van der Waals surface area contributed by atoms with Crippen molar-refractivity contribution in [2.75, 3.05) is 6.54 Å². The molecule has 17 heavy (non-hydrogen) atoms. The largest absolute Gasteiger partial charge is 0.492 e. The molecule has 0 amide bonds. The second-order valence-corrected chi connectivity index (χ2v) is 2.90. The summed E-state index contributed by atoms with van der Waals surface area (Å²) < 4.78 is 35.5. The summed E-state index contributed by atoms with van der Waals surface area (Å²) >= 11 is 0. The minimum atomic E-state index is -5.07. The maximum Gasteiger partial charge on any atom is 0.492 e. The summed E-state index contributed by atoms with van der Waals surface area (Å²) in [4.78, 5) is 21.8. The first-order valence-corrected chi connectivity index (χ1v) is 4.45. The van der Waals surface area contributed by atoms with Crippen molar-refractivity contribution in [1.29, 1.82) is 0 Å². The van der Waals surface area contributed by atoms with Crippen molar-refractivity contribution in [1.82, 2.24) is 15.4 Å². The molecule has 3 N–H and O–H groups in total. The third-order valence-electron chi connectivity index (χ3n) is 1.66. The summed E-state index contributed by atoms with van der Waals surface area (Å²) in [5.74, 6) is -2.23. The minimum absolute atomic E-state index is 0.130. The number of hydrogen-bond acceptors (Lipinski definition) is 6. The highest BCUT2D eigenvalue weighted by molar-refractivity contribution is 5.75. The molecule has 0 radical (unpaired) electrons. The van der Waals surface area contributed by atoms with Gasteiger partial charge in [-0.15, -0.1) is 5.48 Å². The van der Waals surface area contributed by atoms with Gasteiger partial charge in [-0.2, -0.15) is 13.2 Å². The van der Waals surface area contributed by atoms with Gasteiger partial charge in [0.25, 0.3) is 0 Å². The second kappa shape index (κ2) is 5.55. The van der Waals surface area contributed by atoms with E-state index in [2.05, 4.69) is 14.8 Å². The first-order chi connectivity index (χ1) is 7.95. The second-order valence-electron chi connectivity index (χ2n) is 2.90. The maximum absolute atomic E-state index is 11.8. The van der Waals surface area contributed by atoms with Gasteiger partial charge >= 0.3 is 12.1 Å². The maximum atomic E-state index is 11.8. The van der Waals surface area contributed by atoms with Crippen LogP contribution in [0.2, 0.25) is 0 Å². The van der Waals surface area contributed by atoms with Crippen LogP contribution in [0.3, 0.4) is 0 Å². The molecule has 0 spiro atoms. The number of aromatic nitrogens is 2. The average molecular weight is 250 g/mol. The predicted molar refractivity (Wildman–Crippen MR) is 49.1 cm³/mol. The fraction of sp³-hybridized carbons (Fsp3) is 0.375. The molecule has 0 fully saturated rings. The van der Waals surface area contributed by atoms with Crippen LogP contribution < -0.4 is 11.2 Å². The van der Waals surface area contributed by atoms with Crippen molar-refractivity contribution in [2.24, 2.45) is 5.73 Å². The number of nitrogens with zero attached hydrogens (tertiary/aromatic N) is 2. The van der Waals surface area contributed by atoms with Crippen LogP contribution in [0.1, 0.15) is 11.9 Å². The van der Waals surface area contributed by atoms with Crippen LogP contribution >= 0.6 is 0 Å². The number of rotatable bonds is 4. The van der Waals surface area contributed by atoms with Crippen LogP contribution in [0, 0.1) is 0 Å². The van der Waals surface area contributed by atoms with Gasteiger partial charge in [0.05, 0.1) is 0 Å². The van der Waals surface area contributed by atoms with Gasteiger partial charge in [0, 0.05) is 18.9 Å². The Kier molecular flexibility index (Phi) is 4.35. The molecule has 1 rings (SSSR count). The summed E-state index contributed by atoms with van der Waals surface area (Å²) in [5, 5.41) is 0. The van der Waals surface area contributed by atoms with Gasteiger partial charge in [0.1, 0.15) is 11.9 Å². The fourth-order valence-corrected chi connectivity index (χ4v) is 0.879. The van der Waals surface area contributed by atoms with Crippen LogP contribution in [-0.4, -0.2) is 28.7 Å². The van der Waals surface area contributed by atoms with Crippen molar-refractivity contribution < 1.29 is 22.8 Å². The van der Waals surface area contributed by atoms with E-state index in [-0.39, 0.29) is 12.4 Å². The summed E-state index contributed by atoms with van der Waals surface area (Å²) in [6.07, 6.45) is -2.29. The Bertz CT molecular complexity index is 371. The van der Waals surface area contributed by atoms with E-state index in [1.165, 1.54) is 18.5 Å². The van der Waals surface area contributed by atoms with E-state index >= 15 is 0 Å². The molecule has 1 heterocycles. The number of carbonyl (C=O) groups excluding carboxylic acids is 1. The van der Waals surface area contributed by atoms with Crippen LogP contribution in [0.15, 0.2) is 18.5 Å². The van der Waals surface area contributed by atoms with Crippen LogP contribution in [0.25, 0.3) is 0 Å². The molecule has 0 saturated heterocycles. The monoisotopic (exact) mass is 250 g/mol. The molecule has 0 aliphatic rings. The van der Waals surface area contributed by atoms with Crippen molar-refractivity contribution in [3.05, 3.63) is 24.3 Å². The van der Waals surface area contributed by atoms with E-state index in [4.69, 9.17) is 5.73 Å². The number of alkyl halides is 3. The van der Waals surface area contributed by atoms with E-state index in [0.717, 1.165) is 0 Å². The Labute approximate surface area is 93.9 Å². The summed E-state index contributed by atoms with van der Waals surface area (Å²) in [6.45, 7) is -0.130. The highest BCUT2D eigenvalue weighted by atomic mass is 19.4. The lowest BCUT2D eigenvalue weighted by Gasteiger charge is -2.15. The topological polar surface area (TPSA) is 90.1 Å². The summed E-state index contributed by atoms with van der Waals surface area (Å²) in [5.41, 5.74) is 7.16. The van der Waals surface area contributed by atoms with Gasteiger partial charge in [-0.3, -0.25) is 0 Å². The molecule has 6 nitrogen and oxygen atoms in total. The molecule has 0 bridgehead atoms. The van der Waals surface area contributed by atoms with E-state index < -0.39 is 18.2 Å². The van der Waals surface area contributed by atoms with E-state index in [1.54, 1.807) is 0 Å². The highest BCUT2D eigenvalue weighted by Crippen LogP contribution is 2.16. The van der Waals surface area contributed by atoms with Crippen molar-refractivity contribution >= 4 is 5.97 Å². The Balaban J connectivity index is 2.58. The zero-order chi connectivity index (χ0) is 12.9. The smallest absolute Gasteiger partial charge is 0.363 e. The zero-order valence-electron chi connectivity index (χ0n) is 8.44. The number of nitrogens with one attached hydrogen (secondary N) is 1. The molecule has 0 aliphatic carbocycles. The molecule has 9 heteroatoms. The van der Waals surface area contributed by atoms with Crippen LogP contribution in [0.4, 0.5) is 13.2 Å². The van der Waals surface area contributed by atoms with Crippen molar-refractivity contribution in [3.63, 3.8) is 0 Å². The Morgan fingerprint density at radius 3 is 2.53 bits per heavy atom. The van der Waals surface area contributed by atoms with E-state index in [1.807, 2.05) is 5.48 Å². The average Bonchev–Trinajstić information content (AvgIpc) is 2.29. The van der Waals surface area contributed by atoms with Gasteiger partial charge in [0.15, 0.2) is 0 Å². The summed E-state index contributed by atoms with van der Waals surface area (Å²) in [6, 6.07) is 0.626. The third kappa shape index (κ3) is 3.96. The first-order valence-electron chi connectivity index (χ1n) is 4.45. The van der Waals surface area contributed by atoms with Crippen molar-refractivity contribution in [3.8, 4) is 0 Å². The lowest BCUT2D eigenvalue weighted by Crippen LogP contribution is -2.36. The van der Waals surface area contributed by atoms with Crippen molar-refractivity contribution in [2.45, 2.75) is 12.2 Å². The molecular formula is C8H9F3N4O2. The molecular weight excluding hydrogens is 241 g/mol. The number of hydrogen-bond donors (Lipinski definition) is 2. The Morgan fingerprint density at radius 1 is 1.47 bits per heavy atom. The number of hydroxylamine groups is 1. The first kappa shape index (κ1) is 13.3. The van der Waals surface area contributed by atoms with Gasteiger partial charge in [0.2, 0.25) is 0 Å². The Morgan fingerprint density at radius 2 is 2.06 bits per heavy atom. The predicted octanol–water partition coefficient (Wildman–Crippen LogP) is 0.0865. The lowest BCUT2D eigenvalue weighted by atomic mass is 10.3. The minimum Gasteiger partial charge on any atom is -0.363 e. The van der Waals surface area contributed by atoms with E-state index in [0.29, 0.717) is 0 Å². The molecule has 94 valence electrons. The molecule has 1 atom stereocenters. The van der Waals surface area contributed by atoms with Gasteiger partial charge < -0.3 is 10.6 Å². The summed E-state index contributed by atoms with van der Waals surface area (Å²) in [7, 11) is 0. The Hall–Kier alpha value is -1.74. The molecule has 1 unspecified atom stereocenters. The van der Waals surface area contributed by atoms with Crippen LogP contribution in [-0.2, 0) is 9.63 Å². The molecule has 1 aromatic rings. The highest BCUT2D eigenvalue weighted by Gasteiger charge is 2.41. The van der Waals surface area contributed by atoms with E-state index in [9.17, 15) is 18.0 Å². The number of nitrogens with two attached hydrogens (primary N) is 1. The number of carbonyl (C=O) groups is 1. The third-order valence-corrected chi connectivity index (χ3v) is 1.66.